The molecule has 16 heavy (non-hydrogen) atoms. The molecule has 0 amide bonds. The van der Waals surface area contributed by atoms with Crippen LogP contribution in [-0.4, -0.2) is 19.3 Å². The Hall–Kier alpha value is 0.877. The highest BCUT2D eigenvalue weighted by atomic mass is 32.1. The Morgan fingerprint density at radius 1 is 1.06 bits per heavy atom. The summed E-state index contributed by atoms with van der Waals surface area (Å²) in [5.74, 6) is 0.667. The van der Waals surface area contributed by atoms with Gasteiger partial charge in [-0.1, -0.05) is 44.3 Å². The van der Waals surface area contributed by atoms with Gasteiger partial charge in [-0.2, -0.15) is 27.0 Å². The standard InChI is InChI=1S/C12H24OSi.2H2S/c1-14(8-4-5-9-14)10-12(13)11-6-2-3-7-11;;/h11-13H,2-10H2,1H3;2*1H2/t12-;;/m1../s1. The molecular formula is C12H28OS2Si. The Labute approximate surface area is 115 Å². The van der Waals surface area contributed by atoms with Crippen LogP contribution in [0.25, 0.3) is 0 Å². The third kappa shape index (κ3) is 4.28. The lowest BCUT2D eigenvalue weighted by Crippen LogP contribution is -2.33. The Morgan fingerprint density at radius 3 is 2.06 bits per heavy atom. The fourth-order valence-corrected chi connectivity index (χ4v) is 7.65. The predicted octanol–water partition coefficient (Wildman–Crippen LogP) is 3.64. The van der Waals surface area contributed by atoms with Gasteiger partial charge in [0, 0.05) is 0 Å². The summed E-state index contributed by atoms with van der Waals surface area (Å²) < 4.78 is 0. The minimum atomic E-state index is -0.967. The SMILES string of the molecule is C[Si]1(C[C@@H](O)C2CCCC2)CCCC1.S.S. The van der Waals surface area contributed by atoms with Crippen LogP contribution in [0.2, 0.25) is 24.7 Å². The van der Waals surface area contributed by atoms with E-state index in [0.717, 1.165) is 0 Å². The molecule has 2 aliphatic rings. The molecule has 1 nitrogen and oxygen atoms in total. The van der Waals surface area contributed by atoms with Crippen LogP contribution in [0.1, 0.15) is 38.5 Å². The van der Waals surface area contributed by atoms with Gasteiger partial charge >= 0.3 is 0 Å². The van der Waals surface area contributed by atoms with Gasteiger partial charge in [0.1, 0.15) is 0 Å². The van der Waals surface area contributed by atoms with E-state index in [1.807, 2.05) is 0 Å². The molecule has 0 aromatic rings. The van der Waals surface area contributed by atoms with Gasteiger partial charge < -0.3 is 5.11 Å². The molecule has 4 heteroatoms. The van der Waals surface area contributed by atoms with Gasteiger partial charge in [0.2, 0.25) is 0 Å². The molecule has 1 aliphatic carbocycles. The average molecular weight is 281 g/mol. The smallest absolute Gasteiger partial charge is 0.0545 e. The van der Waals surface area contributed by atoms with Crippen LogP contribution in [0.3, 0.4) is 0 Å². The van der Waals surface area contributed by atoms with Crippen molar-refractivity contribution < 1.29 is 5.11 Å². The Balaban J connectivity index is 0.00000112. The van der Waals surface area contributed by atoms with Gasteiger partial charge in [-0.15, -0.1) is 0 Å². The van der Waals surface area contributed by atoms with E-state index >= 15 is 0 Å². The molecule has 2 fully saturated rings. The molecule has 98 valence electrons. The van der Waals surface area contributed by atoms with E-state index in [-0.39, 0.29) is 33.1 Å². The lowest BCUT2D eigenvalue weighted by molar-refractivity contribution is 0.127. The Kier molecular flexibility index (Phi) is 7.74. The first-order chi connectivity index (χ1) is 6.70. The van der Waals surface area contributed by atoms with Crippen LogP contribution in [-0.2, 0) is 0 Å². The van der Waals surface area contributed by atoms with E-state index < -0.39 is 8.07 Å². The third-order valence-electron chi connectivity index (χ3n) is 4.46. The van der Waals surface area contributed by atoms with Gasteiger partial charge in [0.15, 0.2) is 0 Å². The van der Waals surface area contributed by atoms with E-state index in [4.69, 9.17) is 0 Å². The summed E-state index contributed by atoms with van der Waals surface area (Å²) in [6, 6.07) is 4.17. The summed E-state index contributed by atoms with van der Waals surface area (Å²) in [4.78, 5) is 0. The third-order valence-corrected chi connectivity index (χ3v) is 8.98. The molecule has 1 N–H and O–H groups in total. The van der Waals surface area contributed by atoms with Gasteiger partial charge in [-0.3, -0.25) is 0 Å². The number of aliphatic hydroxyl groups is 1. The Bertz CT molecular complexity index is 189. The topological polar surface area (TPSA) is 20.2 Å². The number of hydrogen-bond donors (Lipinski definition) is 1. The van der Waals surface area contributed by atoms with E-state index in [1.54, 1.807) is 0 Å². The molecule has 0 aromatic carbocycles. The first-order valence-corrected chi connectivity index (χ1v) is 9.50. The zero-order chi connectivity index (χ0) is 10.0. The van der Waals surface area contributed by atoms with Crippen LogP contribution in [0.15, 0.2) is 0 Å². The minimum absolute atomic E-state index is 0. The highest BCUT2D eigenvalue weighted by molar-refractivity contribution is 7.59. The van der Waals surface area contributed by atoms with Crippen LogP contribution in [0.5, 0.6) is 0 Å². The van der Waals surface area contributed by atoms with Crippen molar-refractivity contribution in [2.24, 2.45) is 5.92 Å². The molecule has 1 atom stereocenters. The fraction of sp³-hybridized carbons (Fsp3) is 1.00. The van der Waals surface area contributed by atoms with E-state index in [9.17, 15) is 5.11 Å². The molecule has 0 bridgehead atoms. The molecule has 1 aliphatic heterocycles. The van der Waals surface area contributed by atoms with Crippen LogP contribution in [0, 0.1) is 5.92 Å². The lowest BCUT2D eigenvalue weighted by atomic mass is 10.0. The van der Waals surface area contributed by atoms with Crippen molar-refractivity contribution >= 4 is 35.1 Å². The largest absolute Gasteiger partial charge is 0.393 e. The first kappa shape index (κ1) is 16.9. The second-order valence-corrected chi connectivity index (χ2v) is 10.9. The van der Waals surface area contributed by atoms with Crippen molar-refractivity contribution in [1.29, 1.82) is 0 Å². The molecule has 0 spiro atoms. The summed E-state index contributed by atoms with van der Waals surface area (Å²) in [6.45, 7) is 2.51. The molecule has 0 aromatic heterocycles. The van der Waals surface area contributed by atoms with E-state index in [2.05, 4.69) is 6.55 Å². The molecule has 1 saturated carbocycles. The molecule has 1 heterocycles. The lowest BCUT2D eigenvalue weighted by Gasteiger charge is -2.27. The maximum Gasteiger partial charge on any atom is 0.0545 e. The Morgan fingerprint density at radius 2 is 1.56 bits per heavy atom. The first-order valence-electron chi connectivity index (χ1n) is 6.38. The zero-order valence-electron chi connectivity index (χ0n) is 10.5. The quantitative estimate of drug-likeness (QED) is 0.783. The van der Waals surface area contributed by atoms with Crippen molar-refractivity contribution in [3.63, 3.8) is 0 Å². The highest BCUT2D eigenvalue weighted by Gasteiger charge is 2.35. The van der Waals surface area contributed by atoms with Gasteiger partial charge in [0.25, 0.3) is 0 Å². The van der Waals surface area contributed by atoms with Gasteiger partial charge in [-0.05, 0) is 24.8 Å². The van der Waals surface area contributed by atoms with E-state index in [0.29, 0.717) is 5.92 Å². The minimum Gasteiger partial charge on any atom is -0.393 e. The van der Waals surface area contributed by atoms with Gasteiger partial charge in [-0.25, -0.2) is 0 Å². The summed E-state index contributed by atoms with van der Waals surface area (Å²) >= 11 is 0. The number of aliphatic hydroxyl groups excluding tert-OH is 1. The number of hydrogen-bond acceptors (Lipinski definition) is 1. The predicted molar refractivity (Wildman–Crippen MR) is 84.0 cm³/mol. The van der Waals surface area contributed by atoms with Crippen LogP contribution < -0.4 is 0 Å². The maximum atomic E-state index is 10.2. The van der Waals surface area contributed by atoms with Gasteiger partial charge in [0.05, 0.1) is 14.2 Å². The molecular weight excluding hydrogens is 252 g/mol. The second kappa shape index (κ2) is 7.34. The normalized spacial score (nSPS) is 25.9. The van der Waals surface area contributed by atoms with Crippen molar-refractivity contribution in [3.05, 3.63) is 0 Å². The monoisotopic (exact) mass is 280 g/mol. The average Bonchev–Trinajstić information content (AvgIpc) is 2.74. The van der Waals surface area contributed by atoms with Crippen LogP contribution >= 0.6 is 27.0 Å². The highest BCUT2D eigenvalue weighted by Crippen LogP contribution is 2.38. The summed E-state index contributed by atoms with van der Waals surface area (Å²) in [5.41, 5.74) is 0. The molecule has 0 radical (unpaired) electrons. The maximum absolute atomic E-state index is 10.2. The second-order valence-electron chi connectivity index (χ2n) is 5.83. The summed E-state index contributed by atoms with van der Waals surface area (Å²) in [6.07, 6.45) is 8.27. The molecule has 2 rings (SSSR count). The van der Waals surface area contributed by atoms with Crippen molar-refractivity contribution in [1.82, 2.24) is 0 Å². The molecule has 0 unspecified atom stereocenters. The molecule has 1 saturated heterocycles. The van der Waals surface area contributed by atoms with Crippen molar-refractivity contribution in [2.75, 3.05) is 0 Å². The van der Waals surface area contributed by atoms with Crippen LogP contribution in [0.4, 0.5) is 0 Å². The van der Waals surface area contributed by atoms with E-state index in [1.165, 1.54) is 56.7 Å². The summed E-state index contributed by atoms with van der Waals surface area (Å²) in [7, 11) is -0.967. The number of rotatable bonds is 3. The summed E-state index contributed by atoms with van der Waals surface area (Å²) in [5, 5.41) is 10.2. The van der Waals surface area contributed by atoms with Crippen molar-refractivity contribution in [2.45, 2.75) is 69.3 Å². The van der Waals surface area contributed by atoms with Crippen molar-refractivity contribution in [3.8, 4) is 0 Å². The fourth-order valence-electron chi connectivity index (χ4n) is 3.45. The zero-order valence-corrected chi connectivity index (χ0v) is 13.5.